The molecule has 0 aliphatic carbocycles. The molecule has 0 bridgehead atoms. The Morgan fingerprint density at radius 2 is 2.18 bits per heavy atom. The second-order valence-electron chi connectivity index (χ2n) is 3.67. The van der Waals surface area contributed by atoms with Crippen molar-refractivity contribution in [3.63, 3.8) is 0 Å². The zero-order valence-corrected chi connectivity index (χ0v) is 11.4. The summed E-state index contributed by atoms with van der Waals surface area (Å²) in [5.41, 5.74) is 5.73. The normalized spacial score (nSPS) is 11.1. The van der Waals surface area contributed by atoms with E-state index in [4.69, 9.17) is 11.0 Å². The zero-order valence-electron chi connectivity index (χ0n) is 9.78. The molecule has 1 heterocycles. The number of nitrogens with one attached hydrogen (secondary N) is 1. The lowest BCUT2D eigenvalue weighted by molar-refractivity contribution is 0.602. The van der Waals surface area contributed by atoms with Gasteiger partial charge in [-0.25, -0.2) is 8.42 Å². The van der Waals surface area contributed by atoms with Crippen LogP contribution in [0.1, 0.15) is 24.6 Å². The van der Waals surface area contributed by atoms with Gasteiger partial charge in [-0.1, -0.05) is 13.3 Å². The second kappa shape index (κ2) is 5.38. The van der Waals surface area contributed by atoms with E-state index in [-0.39, 0.29) is 15.5 Å². The van der Waals surface area contributed by atoms with Crippen molar-refractivity contribution < 1.29 is 8.42 Å². The maximum Gasteiger partial charge on any atom is 0.180 e. The Hall–Kier alpha value is -1.26. The minimum absolute atomic E-state index is 0.0511. The van der Waals surface area contributed by atoms with E-state index in [2.05, 4.69) is 5.32 Å². The molecule has 0 aromatic carbocycles. The molecule has 0 amide bonds. The molecule has 0 radical (unpaired) electrons. The summed E-state index contributed by atoms with van der Waals surface area (Å²) in [4.78, 5) is 0.291. The fourth-order valence-electron chi connectivity index (χ4n) is 1.38. The van der Waals surface area contributed by atoms with Crippen molar-refractivity contribution >= 4 is 31.9 Å². The van der Waals surface area contributed by atoms with Gasteiger partial charge in [0.05, 0.1) is 5.69 Å². The van der Waals surface area contributed by atoms with E-state index in [1.54, 1.807) is 0 Å². The quantitative estimate of drug-likeness (QED) is 0.798. The van der Waals surface area contributed by atoms with Gasteiger partial charge >= 0.3 is 0 Å². The molecule has 0 aliphatic rings. The minimum Gasteiger partial charge on any atom is -0.396 e. The first-order valence-corrected chi connectivity index (χ1v) is 7.88. The highest BCUT2D eigenvalue weighted by Gasteiger charge is 2.23. The first kappa shape index (κ1) is 13.8. The van der Waals surface area contributed by atoms with E-state index >= 15 is 0 Å². The van der Waals surface area contributed by atoms with Gasteiger partial charge in [0.25, 0.3) is 0 Å². The highest BCUT2D eigenvalue weighted by molar-refractivity contribution is 7.91. The van der Waals surface area contributed by atoms with Gasteiger partial charge in [0, 0.05) is 12.8 Å². The second-order valence-corrected chi connectivity index (χ2v) is 6.64. The summed E-state index contributed by atoms with van der Waals surface area (Å²) in [6, 6.07) is 1.91. The average molecular weight is 273 g/mol. The number of nitrogens with zero attached hydrogens (tertiary/aromatic N) is 1. The van der Waals surface area contributed by atoms with Crippen LogP contribution in [0.3, 0.4) is 0 Å². The van der Waals surface area contributed by atoms with Crippen LogP contribution in [0.5, 0.6) is 0 Å². The third-order valence-corrected chi connectivity index (χ3v) is 4.55. The summed E-state index contributed by atoms with van der Waals surface area (Å²) in [7, 11) is -3.42. The predicted octanol–water partition coefficient (Wildman–Crippen LogP) is 1.82. The number of thiophene rings is 1. The number of nitrogens with two attached hydrogens (primary N) is 1. The minimum atomic E-state index is -3.42. The van der Waals surface area contributed by atoms with Gasteiger partial charge in [0.1, 0.15) is 20.8 Å². The Morgan fingerprint density at radius 1 is 1.53 bits per heavy atom. The summed E-state index contributed by atoms with van der Waals surface area (Å²) >= 11 is 1.09. The summed E-state index contributed by atoms with van der Waals surface area (Å²) in [6.45, 7) is 2.71. The topological polar surface area (TPSA) is 96.0 Å². The molecule has 1 aromatic heterocycles. The van der Waals surface area contributed by atoms with Gasteiger partial charge in [-0.05, 0) is 6.42 Å². The van der Waals surface area contributed by atoms with Gasteiger partial charge in [0.2, 0.25) is 0 Å². The van der Waals surface area contributed by atoms with Gasteiger partial charge in [-0.15, -0.1) is 11.3 Å². The van der Waals surface area contributed by atoms with Crippen LogP contribution in [0.4, 0.5) is 10.7 Å². The fraction of sp³-hybridized carbons (Fsp3) is 0.500. The van der Waals surface area contributed by atoms with E-state index in [1.165, 1.54) is 0 Å². The third-order valence-electron chi connectivity index (χ3n) is 2.19. The largest absolute Gasteiger partial charge is 0.396 e. The first-order valence-electron chi connectivity index (χ1n) is 5.18. The van der Waals surface area contributed by atoms with E-state index in [0.29, 0.717) is 11.5 Å². The van der Waals surface area contributed by atoms with Crippen LogP contribution >= 0.6 is 11.3 Å². The average Bonchev–Trinajstić information content (AvgIpc) is 2.54. The molecule has 1 aromatic rings. The molecule has 0 saturated heterocycles. The molecule has 0 spiro atoms. The molecule has 0 unspecified atom stereocenters. The van der Waals surface area contributed by atoms with Gasteiger partial charge in [-0.3, -0.25) is 0 Å². The molecule has 17 heavy (non-hydrogen) atoms. The molecule has 7 heteroatoms. The zero-order chi connectivity index (χ0) is 13.1. The summed E-state index contributed by atoms with van der Waals surface area (Å²) in [5, 5.41) is 12.3. The Kier molecular flexibility index (Phi) is 4.37. The van der Waals surface area contributed by atoms with Gasteiger partial charge in [0.15, 0.2) is 9.84 Å². The van der Waals surface area contributed by atoms with Crippen molar-refractivity contribution in [2.24, 2.45) is 0 Å². The van der Waals surface area contributed by atoms with Crippen LogP contribution in [0, 0.1) is 11.3 Å². The summed E-state index contributed by atoms with van der Waals surface area (Å²) in [5.74, 6) is 0. The Labute approximate surface area is 105 Å². The van der Waals surface area contributed by atoms with Crippen molar-refractivity contribution in [3.8, 4) is 6.07 Å². The lowest BCUT2D eigenvalue weighted by atomic mass is 10.3. The maximum atomic E-state index is 11.6. The third kappa shape index (κ3) is 3.11. The molecule has 0 saturated carbocycles. The summed E-state index contributed by atoms with van der Waals surface area (Å²) in [6.07, 6.45) is 3.04. The molecule has 1 rings (SSSR count). The lowest BCUT2D eigenvalue weighted by Crippen LogP contribution is -2.06. The number of hydrogen-bond donors (Lipinski definition) is 2. The van der Waals surface area contributed by atoms with Crippen LogP contribution < -0.4 is 11.1 Å². The van der Waals surface area contributed by atoms with Crippen LogP contribution in [0.25, 0.3) is 0 Å². The smallest absolute Gasteiger partial charge is 0.180 e. The van der Waals surface area contributed by atoms with Crippen molar-refractivity contribution in [2.75, 3.05) is 23.9 Å². The number of anilines is 2. The first-order chi connectivity index (χ1) is 7.91. The van der Waals surface area contributed by atoms with E-state index in [0.717, 1.165) is 30.4 Å². The van der Waals surface area contributed by atoms with E-state index < -0.39 is 9.84 Å². The highest BCUT2D eigenvalue weighted by Crippen LogP contribution is 2.38. The molecule has 0 fully saturated rings. The number of hydrogen-bond acceptors (Lipinski definition) is 6. The van der Waals surface area contributed by atoms with Crippen LogP contribution in [0.2, 0.25) is 0 Å². The monoisotopic (exact) mass is 273 g/mol. The molecule has 3 N–H and O–H groups in total. The number of sulfone groups is 1. The summed E-state index contributed by atoms with van der Waals surface area (Å²) < 4.78 is 23.2. The molecular weight excluding hydrogens is 258 g/mol. The standard InChI is InChI=1S/C10H15N3O2S2/c1-3-4-5-13-10-9(17(2,14)15)8(12)7(6-11)16-10/h13H,3-5,12H2,1-2H3. The maximum absolute atomic E-state index is 11.6. The fourth-order valence-corrected chi connectivity index (χ4v) is 3.77. The predicted molar refractivity (Wildman–Crippen MR) is 70.0 cm³/mol. The molecule has 5 nitrogen and oxygen atoms in total. The number of rotatable bonds is 5. The van der Waals surface area contributed by atoms with Crippen LogP contribution in [0.15, 0.2) is 4.90 Å². The molecule has 0 atom stereocenters. The Bertz CT molecular complexity index is 541. The van der Waals surface area contributed by atoms with Gasteiger partial charge < -0.3 is 11.1 Å². The van der Waals surface area contributed by atoms with E-state index in [1.807, 2.05) is 13.0 Å². The highest BCUT2D eigenvalue weighted by atomic mass is 32.2. The van der Waals surface area contributed by atoms with Gasteiger partial charge in [-0.2, -0.15) is 5.26 Å². The van der Waals surface area contributed by atoms with Crippen LogP contribution in [-0.2, 0) is 9.84 Å². The van der Waals surface area contributed by atoms with Crippen molar-refractivity contribution in [1.29, 1.82) is 5.26 Å². The van der Waals surface area contributed by atoms with Crippen molar-refractivity contribution in [3.05, 3.63) is 4.88 Å². The lowest BCUT2D eigenvalue weighted by Gasteiger charge is -2.05. The molecular formula is C10H15N3O2S2. The number of nitriles is 1. The number of unbranched alkanes of at least 4 members (excludes halogenated alkanes) is 1. The SMILES string of the molecule is CCCCNc1sc(C#N)c(N)c1S(C)(=O)=O. The Morgan fingerprint density at radius 3 is 2.65 bits per heavy atom. The molecule has 94 valence electrons. The van der Waals surface area contributed by atoms with Crippen molar-refractivity contribution in [2.45, 2.75) is 24.7 Å². The van der Waals surface area contributed by atoms with E-state index in [9.17, 15) is 8.42 Å². The molecule has 0 aliphatic heterocycles. The van der Waals surface area contributed by atoms with Crippen LogP contribution in [-0.4, -0.2) is 21.2 Å². The van der Waals surface area contributed by atoms with Crippen molar-refractivity contribution in [1.82, 2.24) is 0 Å². The Balaban J connectivity index is 3.17. The number of nitrogen functional groups attached to an aromatic ring is 1.